The van der Waals surface area contributed by atoms with E-state index in [0.717, 1.165) is 64.8 Å². The van der Waals surface area contributed by atoms with E-state index in [1.165, 1.54) is 50.6 Å². The Morgan fingerprint density at radius 1 is 0.516 bits per heavy atom. The van der Waals surface area contributed by atoms with Gasteiger partial charge in [0.05, 0.1) is 11.4 Å². The van der Waals surface area contributed by atoms with Crippen LogP contribution >= 0.6 is 0 Å². The number of aromatic nitrogens is 3. The number of pyridine rings is 1. The zero-order valence-electron chi connectivity index (χ0n) is 39.3. The van der Waals surface area contributed by atoms with Crippen molar-refractivity contribution >= 4 is 57.6 Å². The second kappa shape index (κ2) is 14.0. The number of rotatable bonds is 5. The summed E-state index contributed by atoms with van der Waals surface area (Å²) in [6.45, 7) is 24.2. The molecule has 0 bridgehead atoms. The molecule has 0 saturated heterocycles. The summed E-state index contributed by atoms with van der Waals surface area (Å²) < 4.78 is 0. The lowest BCUT2D eigenvalue weighted by atomic mass is 9.30. The number of benzene rings is 5. The zero-order valence-corrected chi connectivity index (χ0v) is 39.3. The van der Waals surface area contributed by atoms with Crippen LogP contribution in [0.1, 0.15) is 128 Å². The quantitative estimate of drug-likeness (QED) is 0.162. The van der Waals surface area contributed by atoms with Crippen LogP contribution in [0.5, 0.6) is 0 Å². The lowest BCUT2D eigenvalue weighted by Crippen LogP contribution is -2.65. The highest BCUT2D eigenvalue weighted by Gasteiger charge is 2.51. The Morgan fingerprint density at radius 2 is 1.09 bits per heavy atom. The van der Waals surface area contributed by atoms with Gasteiger partial charge in [0.15, 0.2) is 0 Å². The molecule has 64 heavy (non-hydrogen) atoms. The summed E-state index contributed by atoms with van der Waals surface area (Å²) in [5, 5.41) is 0. The molecule has 0 fully saturated rings. The van der Waals surface area contributed by atoms with Gasteiger partial charge in [-0.1, -0.05) is 147 Å². The smallest absolute Gasteiger partial charge is 0.251 e. The van der Waals surface area contributed by atoms with Crippen molar-refractivity contribution in [3.8, 4) is 11.3 Å². The molecule has 2 aliphatic carbocycles. The number of fused-ring (bicyclic) bond motifs is 6. The fourth-order valence-electron chi connectivity index (χ4n) is 11.8. The van der Waals surface area contributed by atoms with Gasteiger partial charge in [-0.3, -0.25) is 14.8 Å². The molecule has 0 unspecified atom stereocenters. The molecule has 7 aromatic rings. The molecule has 4 aliphatic rings. The molecule has 0 saturated carbocycles. The Balaban J connectivity index is 1.27. The third-order valence-electron chi connectivity index (χ3n) is 15.9. The van der Waals surface area contributed by atoms with Crippen LogP contribution in [-0.4, -0.2) is 21.7 Å². The van der Waals surface area contributed by atoms with E-state index in [4.69, 9.17) is 15.0 Å². The Labute approximate surface area is 381 Å². The van der Waals surface area contributed by atoms with Crippen molar-refractivity contribution in [3.63, 3.8) is 0 Å². The van der Waals surface area contributed by atoms with Crippen LogP contribution < -0.4 is 26.2 Å². The van der Waals surface area contributed by atoms with Crippen LogP contribution in [-0.2, 0) is 27.1 Å². The summed E-state index contributed by atoms with van der Waals surface area (Å²) >= 11 is 0. The molecule has 0 amide bonds. The topological polar surface area (TPSA) is 45.2 Å². The largest absolute Gasteiger partial charge is 0.296 e. The van der Waals surface area contributed by atoms with Crippen molar-refractivity contribution in [1.82, 2.24) is 15.0 Å². The first-order chi connectivity index (χ1) is 30.5. The normalized spacial score (nSPS) is 18.8. The first kappa shape index (κ1) is 40.7. The molecule has 5 aromatic carbocycles. The van der Waals surface area contributed by atoms with Gasteiger partial charge in [-0.2, -0.15) is 4.98 Å². The summed E-state index contributed by atoms with van der Waals surface area (Å²) in [5.74, 6) is 1.61. The average Bonchev–Trinajstić information content (AvgIpc) is 3.28. The first-order valence-electron chi connectivity index (χ1n) is 23.5. The molecule has 320 valence electrons. The molecule has 11 rings (SSSR count). The standard InChI is InChI=1S/C58H60BN5/c1-54(2)28-29-55(3,4)42-34-40(25-26-41(42)54)64-49-27-24-37(48-23-17-18-32-60-48)33-47(49)59-46-36-44-43(56(5,6)30-31-57(44,7)8)35-45(46)58(9,10)51-50(59)52(64)62-53(61-51)63(38-19-13-11-14-20-38)39-21-15-12-16-22-39/h11-27,32-36H,28-31H2,1-10H3. The number of hydrogen-bond acceptors (Lipinski definition) is 5. The number of hydrogen-bond donors (Lipinski definition) is 0. The Kier molecular flexibility index (Phi) is 8.91. The van der Waals surface area contributed by atoms with Gasteiger partial charge in [0, 0.05) is 34.4 Å². The van der Waals surface area contributed by atoms with Crippen molar-refractivity contribution in [2.24, 2.45) is 0 Å². The van der Waals surface area contributed by atoms with Crippen molar-refractivity contribution in [3.05, 3.63) is 167 Å². The highest BCUT2D eigenvalue weighted by Crippen LogP contribution is 2.51. The third kappa shape index (κ3) is 6.15. The molecule has 0 spiro atoms. The van der Waals surface area contributed by atoms with E-state index in [1.54, 1.807) is 0 Å². The molecule has 2 aliphatic heterocycles. The number of para-hydroxylation sites is 2. The molecule has 5 nitrogen and oxygen atoms in total. The van der Waals surface area contributed by atoms with Gasteiger partial charge in [0.1, 0.15) is 5.82 Å². The molecule has 0 radical (unpaired) electrons. The summed E-state index contributed by atoms with van der Waals surface area (Å²) in [5.41, 5.74) is 18.2. The molecule has 4 heterocycles. The first-order valence-corrected chi connectivity index (χ1v) is 23.5. The molecule has 2 aromatic heterocycles. The van der Waals surface area contributed by atoms with Crippen LogP contribution in [0, 0.1) is 0 Å². The fraction of sp³-hybridized carbons (Fsp3) is 0.328. The summed E-state index contributed by atoms with van der Waals surface area (Å²) in [6, 6.07) is 47.0. The van der Waals surface area contributed by atoms with E-state index in [9.17, 15) is 0 Å². The van der Waals surface area contributed by atoms with E-state index in [2.05, 4.69) is 200 Å². The summed E-state index contributed by atoms with van der Waals surface area (Å²) in [4.78, 5) is 21.3. The van der Waals surface area contributed by atoms with E-state index >= 15 is 0 Å². The van der Waals surface area contributed by atoms with Crippen molar-refractivity contribution < 1.29 is 0 Å². The molecular weight excluding hydrogens is 777 g/mol. The van der Waals surface area contributed by atoms with E-state index in [1.807, 2.05) is 12.3 Å². The zero-order chi connectivity index (χ0) is 44.6. The fourth-order valence-corrected chi connectivity index (χ4v) is 11.8. The predicted molar refractivity (Wildman–Crippen MR) is 268 cm³/mol. The van der Waals surface area contributed by atoms with Crippen LogP contribution in [0.15, 0.2) is 134 Å². The third-order valence-corrected chi connectivity index (χ3v) is 15.9. The predicted octanol–water partition coefficient (Wildman–Crippen LogP) is 12.6. The summed E-state index contributed by atoms with van der Waals surface area (Å²) in [6.07, 6.45) is 6.52. The van der Waals surface area contributed by atoms with Crippen LogP contribution in [0.4, 0.5) is 34.5 Å². The highest BCUT2D eigenvalue weighted by molar-refractivity contribution is 6.99. The van der Waals surface area contributed by atoms with Crippen molar-refractivity contribution in [1.29, 1.82) is 0 Å². The molecule has 0 N–H and O–H groups in total. The van der Waals surface area contributed by atoms with Gasteiger partial charge >= 0.3 is 0 Å². The lowest BCUT2D eigenvalue weighted by Gasteiger charge is -2.48. The Morgan fingerprint density at radius 3 is 1.70 bits per heavy atom. The van der Waals surface area contributed by atoms with E-state index < -0.39 is 5.41 Å². The maximum absolute atomic E-state index is 5.88. The molecule has 6 heteroatoms. The molecular formula is C58H60BN5. The minimum atomic E-state index is -0.455. The summed E-state index contributed by atoms with van der Waals surface area (Å²) in [7, 11) is 0. The lowest BCUT2D eigenvalue weighted by molar-refractivity contribution is 0.331. The Hall–Kier alpha value is -6.01. The van der Waals surface area contributed by atoms with E-state index in [-0.39, 0.29) is 28.4 Å². The van der Waals surface area contributed by atoms with E-state index in [0.29, 0.717) is 5.95 Å². The van der Waals surface area contributed by atoms with Gasteiger partial charge < -0.3 is 0 Å². The maximum Gasteiger partial charge on any atom is 0.251 e. The Bertz CT molecular complexity index is 2950. The minimum Gasteiger partial charge on any atom is -0.296 e. The second-order valence-electron chi connectivity index (χ2n) is 22.2. The minimum absolute atomic E-state index is 0.0269. The number of nitrogens with zero attached hydrogens (tertiary/aromatic N) is 5. The molecule has 0 atom stereocenters. The van der Waals surface area contributed by atoms with Crippen molar-refractivity contribution in [2.45, 2.75) is 122 Å². The van der Waals surface area contributed by atoms with Gasteiger partial charge in [-0.05, 0) is 146 Å². The monoisotopic (exact) mass is 837 g/mol. The maximum atomic E-state index is 5.88. The number of anilines is 6. The van der Waals surface area contributed by atoms with Crippen LogP contribution in [0.25, 0.3) is 11.3 Å². The second-order valence-corrected chi connectivity index (χ2v) is 22.2. The van der Waals surface area contributed by atoms with Gasteiger partial charge in [0.25, 0.3) is 6.71 Å². The van der Waals surface area contributed by atoms with Crippen LogP contribution in [0.2, 0.25) is 0 Å². The van der Waals surface area contributed by atoms with Gasteiger partial charge in [-0.25, -0.2) is 4.98 Å². The average molecular weight is 838 g/mol. The van der Waals surface area contributed by atoms with Crippen LogP contribution in [0.3, 0.4) is 0 Å². The van der Waals surface area contributed by atoms with Crippen molar-refractivity contribution in [2.75, 3.05) is 9.80 Å². The SMILES string of the molecule is CC1(C)CCC(C)(C)c2cc(N3c4ccc(-c5ccccn5)cc4B4c5cc6c(cc5C(C)(C)c5nc(N(c7ccccc7)c7ccccc7)nc3c54)C(C)(C)CCC6(C)C)ccc21. The van der Waals surface area contributed by atoms with Gasteiger partial charge in [0.2, 0.25) is 5.95 Å². The highest BCUT2D eigenvalue weighted by atomic mass is 15.3. The van der Waals surface area contributed by atoms with Gasteiger partial charge in [-0.15, -0.1) is 0 Å².